The second kappa shape index (κ2) is 13.7. The third-order valence-electron chi connectivity index (χ3n) is 9.70. The van der Waals surface area contributed by atoms with E-state index < -0.39 is 5.41 Å². The van der Waals surface area contributed by atoms with Crippen LogP contribution in [-0.4, -0.2) is 7.11 Å². The summed E-state index contributed by atoms with van der Waals surface area (Å²) in [5, 5.41) is 2.40. The van der Waals surface area contributed by atoms with Crippen LogP contribution in [0.5, 0.6) is 5.75 Å². The van der Waals surface area contributed by atoms with Crippen LogP contribution in [0.25, 0.3) is 21.9 Å². The number of unbranched alkanes of at least 4 members (excludes halogenated alkanes) is 6. The van der Waals surface area contributed by atoms with Gasteiger partial charge in [0.05, 0.1) is 12.5 Å². The fraction of sp³-hybridized carbons (Fsp3) is 0.333. The second-order valence-corrected chi connectivity index (χ2v) is 13.4. The summed E-state index contributed by atoms with van der Waals surface area (Å²) in [6, 6.07) is 37.0. The first-order chi connectivity index (χ1) is 21.6. The molecule has 0 bridgehead atoms. The molecule has 0 heterocycles. The molecule has 0 saturated heterocycles. The number of halogens is 1. The van der Waals surface area contributed by atoms with Crippen molar-refractivity contribution in [1.29, 1.82) is 0 Å². The van der Waals surface area contributed by atoms with Crippen LogP contribution < -0.4 is 4.74 Å². The molecule has 0 fully saturated rings. The van der Waals surface area contributed by atoms with Crippen LogP contribution in [-0.2, 0) is 18.3 Å². The topological polar surface area (TPSA) is 9.23 Å². The summed E-state index contributed by atoms with van der Waals surface area (Å²) in [5.41, 5.74) is 10.2. The molecule has 2 heteroatoms. The maximum Gasteiger partial charge on any atom is 0.127 e. The lowest BCUT2D eigenvalue weighted by atomic mass is 9.67. The van der Waals surface area contributed by atoms with Crippen LogP contribution in [0.2, 0.25) is 0 Å². The molecule has 0 saturated carbocycles. The second-order valence-electron chi connectivity index (χ2n) is 12.5. The van der Waals surface area contributed by atoms with Gasteiger partial charge in [0, 0.05) is 9.86 Å². The molecule has 1 nitrogen and oxygen atoms in total. The molecule has 0 aliphatic heterocycles. The standard InChI is InChI=1S/C42H45BrO/c1-4-6-8-10-14-30-18-22-32(23-19-30)42(33-24-20-31(21-25-33)15-11-9-7-5-2)38-28-34(43)26-27-37(38)41-36-17-13-12-16-35(36)40(44-3)29-39(41)42/h12-13,16-29H,4-11,14-15H2,1-3H3. The Morgan fingerprint density at radius 2 is 1.16 bits per heavy atom. The number of hydrogen-bond donors (Lipinski definition) is 0. The first-order valence-electron chi connectivity index (χ1n) is 16.7. The zero-order valence-electron chi connectivity index (χ0n) is 26.6. The van der Waals surface area contributed by atoms with Crippen molar-refractivity contribution in [3.8, 4) is 16.9 Å². The molecule has 0 unspecified atom stereocenters. The highest BCUT2D eigenvalue weighted by Crippen LogP contribution is 2.59. The van der Waals surface area contributed by atoms with E-state index in [-0.39, 0.29) is 0 Å². The normalized spacial score (nSPS) is 13.2. The summed E-state index contributed by atoms with van der Waals surface area (Å²) >= 11 is 3.87. The lowest BCUT2D eigenvalue weighted by Crippen LogP contribution is -2.28. The van der Waals surface area contributed by atoms with Gasteiger partial charge in [0.15, 0.2) is 0 Å². The van der Waals surface area contributed by atoms with E-state index in [2.05, 4.69) is 127 Å². The average Bonchev–Trinajstić information content (AvgIpc) is 3.35. The molecule has 5 aromatic rings. The van der Waals surface area contributed by atoms with Gasteiger partial charge in [-0.25, -0.2) is 0 Å². The minimum atomic E-state index is -0.465. The zero-order chi connectivity index (χ0) is 30.5. The lowest BCUT2D eigenvalue weighted by molar-refractivity contribution is 0.419. The summed E-state index contributed by atoms with van der Waals surface area (Å²) in [6.45, 7) is 4.56. The van der Waals surface area contributed by atoms with Crippen molar-refractivity contribution in [2.75, 3.05) is 7.11 Å². The lowest BCUT2D eigenvalue weighted by Gasteiger charge is -2.34. The number of rotatable bonds is 13. The van der Waals surface area contributed by atoms with Gasteiger partial charge in [-0.15, -0.1) is 0 Å². The Hall–Kier alpha value is -3.36. The molecule has 5 aromatic carbocycles. The summed E-state index contributed by atoms with van der Waals surface area (Å²) in [5.74, 6) is 0.927. The Labute approximate surface area is 272 Å². The van der Waals surface area contributed by atoms with Crippen molar-refractivity contribution in [3.63, 3.8) is 0 Å². The Kier molecular flexibility index (Phi) is 9.57. The van der Waals surface area contributed by atoms with Crippen molar-refractivity contribution in [2.24, 2.45) is 0 Å². The summed E-state index contributed by atoms with van der Waals surface area (Å²) < 4.78 is 7.20. The van der Waals surface area contributed by atoms with Crippen LogP contribution in [0.15, 0.2) is 102 Å². The summed E-state index contributed by atoms with van der Waals surface area (Å²) in [6.07, 6.45) is 12.5. The highest BCUT2D eigenvalue weighted by molar-refractivity contribution is 9.10. The number of fused-ring (bicyclic) bond motifs is 5. The van der Waals surface area contributed by atoms with Gasteiger partial charge in [-0.3, -0.25) is 0 Å². The molecule has 0 radical (unpaired) electrons. The van der Waals surface area contributed by atoms with Crippen molar-refractivity contribution < 1.29 is 4.74 Å². The van der Waals surface area contributed by atoms with Crippen molar-refractivity contribution in [3.05, 3.63) is 135 Å². The van der Waals surface area contributed by atoms with Crippen molar-refractivity contribution in [2.45, 2.75) is 83.5 Å². The van der Waals surface area contributed by atoms with Crippen molar-refractivity contribution in [1.82, 2.24) is 0 Å². The molecular weight excluding hydrogens is 600 g/mol. The highest BCUT2D eigenvalue weighted by Gasteiger charge is 2.47. The first-order valence-corrected chi connectivity index (χ1v) is 17.5. The first kappa shape index (κ1) is 30.7. The average molecular weight is 646 g/mol. The number of aryl methyl sites for hydroxylation is 2. The van der Waals surface area contributed by atoms with Gasteiger partial charge in [0.1, 0.15) is 5.75 Å². The molecule has 6 rings (SSSR count). The third kappa shape index (κ3) is 5.63. The molecule has 0 spiro atoms. The predicted molar refractivity (Wildman–Crippen MR) is 191 cm³/mol. The molecule has 1 aliphatic carbocycles. The van der Waals surface area contributed by atoms with Gasteiger partial charge in [-0.05, 0) is 93.8 Å². The molecule has 226 valence electrons. The number of hydrogen-bond acceptors (Lipinski definition) is 1. The van der Waals surface area contributed by atoms with E-state index in [0.717, 1.165) is 28.5 Å². The quantitative estimate of drug-likeness (QED) is 0.114. The van der Waals surface area contributed by atoms with Crippen LogP contribution in [0.1, 0.15) is 98.6 Å². The van der Waals surface area contributed by atoms with Gasteiger partial charge in [0.25, 0.3) is 0 Å². The van der Waals surface area contributed by atoms with Crippen LogP contribution in [0.3, 0.4) is 0 Å². The third-order valence-corrected chi connectivity index (χ3v) is 10.2. The van der Waals surface area contributed by atoms with E-state index in [1.54, 1.807) is 7.11 Å². The van der Waals surface area contributed by atoms with Crippen LogP contribution in [0, 0.1) is 0 Å². The summed E-state index contributed by atoms with van der Waals surface area (Å²) in [4.78, 5) is 0. The molecular formula is C42H45BrO. The highest BCUT2D eigenvalue weighted by atomic mass is 79.9. The van der Waals surface area contributed by atoms with Gasteiger partial charge in [-0.1, -0.05) is 147 Å². The Morgan fingerprint density at radius 3 is 1.70 bits per heavy atom. The van der Waals surface area contributed by atoms with Gasteiger partial charge in [-0.2, -0.15) is 0 Å². The fourth-order valence-electron chi connectivity index (χ4n) is 7.43. The molecule has 44 heavy (non-hydrogen) atoms. The summed E-state index contributed by atoms with van der Waals surface area (Å²) in [7, 11) is 1.80. The minimum absolute atomic E-state index is 0.465. The van der Waals surface area contributed by atoms with E-state index >= 15 is 0 Å². The Morgan fingerprint density at radius 1 is 0.591 bits per heavy atom. The SMILES string of the molecule is CCCCCCc1ccc(C2(c3ccc(CCCCCC)cc3)c3cc(Br)ccc3-c3c2cc(OC)c2ccccc32)cc1. The molecule has 0 amide bonds. The van der Waals surface area contributed by atoms with Gasteiger partial charge >= 0.3 is 0 Å². The minimum Gasteiger partial charge on any atom is -0.496 e. The monoisotopic (exact) mass is 644 g/mol. The fourth-order valence-corrected chi connectivity index (χ4v) is 7.79. The molecule has 0 aromatic heterocycles. The van der Waals surface area contributed by atoms with Gasteiger partial charge < -0.3 is 4.74 Å². The Bertz CT molecular complexity index is 1660. The number of benzene rings is 5. The van der Waals surface area contributed by atoms with E-state index in [9.17, 15) is 0 Å². The number of ether oxygens (including phenoxy) is 1. The smallest absolute Gasteiger partial charge is 0.127 e. The van der Waals surface area contributed by atoms with E-state index in [0.29, 0.717) is 0 Å². The maximum atomic E-state index is 6.10. The largest absolute Gasteiger partial charge is 0.496 e. The molecule has 0 N–H and O–H groups in total. The predicted octanol–water partition coefficient (Wildman–Crippen LogP) is 12.2. The van der Waals surface area contributed by atoms with E-state index in [1.807, 2.05) is 0 Å². The van der Waals surface area contributed by atoms with Crippen LogP contribution in [0.4, 0.5) is 0 Å². The van der Waals surface area contributed by atoms with Crippen molar-refractivity contribution >= 4 is 26.7 Å². The zero-order valence-corrected chi connectivity index (χ0v) is 28.2. The molecule has 0 atom stereocenters. The maximum absolute atomic E-state index is 6.10. The number of methoxy groups -OCH3 is 1. The molecule has 1 aliphatic rings. The van der Waals surface area contributed by atoms with E-state index in [1.165, 1.54) is 101 Å². The van der Waals surface area contributed by atoms with Gasteiger partial charge in [0.2, 0.25) is 0 Å². The van der Waals surface area contributed by atoms with E-state index in [4.69, 9.17) is 4.74 Å². The Balaban J connectivity index is 1.57. The van der Waals surface area contributed by atoms with Crippen LogP contribution >= 0.6 is 15.9 Å².